The normalized spacial score (nSPS) is 11.2. The maximum Gasteiger partial charge on any atom is 0.266 e. The molecule has 4 rings (SSSR count). The van der Waals surface area contributed by atoms with Crippen molar-refractivity contribution in [1.82, 2.24) is 4.98 Å². The number of amides is 1. The first-order chi connectivity index (χ1) is 14.1. The van der Waals surface area contributed by atoms with Gasteiger partial charge in [0.1, 0.15) is 16.6 Å². The van der Waals surface area contributed by atoms with Gasteiger partial charge in [0.25, 0.3) is 5.91 Å². The predicted molar refractivity (Wildman–Crippen MR) is 118 cm³/mol. The van der Waals surface area contributed by atoms with E-state index in [0.29, 0.717) is 5.69 Å². The molecule has 4 aromatic rings. The summed E-state index contributed by atoms with van der Waals surface area (Å²) in [7, 11) is 0. The average Bonchev–Trinajstić information content (AvgIpc) is 3.16. The van der Waals surface area contributed by atoms with Crippen LogP contribution in [0.1, 0.15) is 11.1 Å². The number of aryl methyl sites for hydroxylation is 1. The summed E-state index contributed by atoms with van der Waals surface area (Å²) in [5.74, 6) is -0.431. The van der Waals surface area contributed by atoms with Crippen LogP contribution in [-0.4, -0.2) is 10.9 Å². The van der Waals surface area contributed by atoms with E-state index in [0.717, 1.165) is 26.4 Å². The van der Waals surface area contributed by atoms with E-state index in [-0.39, 0.29) is 5.57 Å². The minimum Gasteiger partial charge on any atom is -0.321 e. The molecule has 4 nitrogen and oxygen atoms in total. The lowest BCUT2D eigenvalue weighted by atomic mass is 10.1. The van der Waals surface area contributed by atoms with Gasteiger partial charge in [0, 0.05) is 11.3 Å². The maximum atomic E-state index is 12.4. The van der Waals surface area contributed by atoms with Gasteiger partial charge in [-0.15, -0.1) is 11.3 Å². The van der Waals surface area contributed by atoms with Crippen LogP contribution in [0.15, 0.2) is 78.4 Å². The summed E-state index contributed by atoms with van der Waals surface area (Å²) in [5, 5.41) is 13.0. The SMILES string of the molecule is Cc1ccc2nc(-c3ccc(NC(=O)/C(C#N)=C\c4ccccc4)cc3)sc2c1. The second-order valence-corrected chi connectivity index (χ2v) is 7.63. The second-order valence-electron chi connectivity index (χ2n) is 6.60. The molecule has 0 bridgehead atoms. The van der Waals surface area contributed by atoms with Crippen molar-refractivity contribution in [3.63, 3.8) is 0 Å². The van der Waals surface area contributed by atoms with Crippen molar-refractivity contribution in [1.29, 1.82) is 5.26 Å². The Morgan fingerprint density at radius 1 is 1.07 bits per heavy atom. The van der Waals surface area contributed by atoms with Gasteiger partial charge in [0.2, 0.25) is 0 Å². The number of aromatic nitrogens is 1. The number of carbonyl (C=O) groups is 1. The summed E-state index contributed by atoms with van der Waals surface area (Å²) >= 11 is 1.64. The number of thiazole rings is 1. The Morgan fingerprint density at radius 3 is 2.55 bits per heavy atom. The molecule has 3 aromatic carbocycles. The van der Waals surface area contributed by atoms with Gasteiger partial charge in [0.15, 0.2) is 0 Å². The molecular weight excluding hydrogens is 378 g/mol. The molecule has 0 saturated carbocycles. The van der Waals surface area contributed by atoms with E-state index >= 15 is 0 Å². The highest BCUT2D eigenvalue weighted by Gasteiger charge is 2.11. The molecule has 0 spiro atoms. The molecule has 0 atom stereocenters. The third kappa shape index (κ3) is 4.23. The highest BCUT2D eigenvalue weighted by atomic mass is 32.1. The number of nitrogens with one attached hydrogen (secondary N) is 1. The van der Waals surface area contributed by atoms with Gasteiger partial charge in [-0.2, -0.15) is 5.26 Å². The van der Waals surface area contributed by atoms with Crippen molar-refractivity contribution < 1.29 is 4.79 Å². The fourth-order valence-corrected chi connectivity index (χ4v) is 3.98. The van der Waals surface area contributed by atoms with Gasteiger partial charge in [-0.1, -0.05) is 36.4 Å². The summed E-state index contributed by atoms with van der Waals surface area (Å²) < 4.78 is 1.15. The molecular formula is C24H17N3OS. The summed E-state index contributed by atoms with van der Waals surface area (Å²) in [6.45, 7) is 2.07. The zero-order chi connectivity index (χ0) is 20.2. The Kier molecular flexibility index (Phi) is 5.19. The van der Waals surface area contributed by atoms with E-state index in [4.69, 9.17) is 0 Å². The molecule has 1 heterocycles. The fraction of sp³-hybridized carbons (Fsp3) is 0.0417. The topological polar surface area (TPSA) is 65.8 Å². The Hall–Kier alpha value is -3.75. The molecule has 0 aliphatic carbocycles. The Balaban J connectivity index is 1.52. The molecule has 5 heteroatoms. The van der Waals surface area contributed by atoms with Crippen LogP contribution in [0.2, 0.25) is 0 Å². The van der Waals surface area contributed by atoms with E-state index in [9.17, 15) is 10.1 Å². The molecule has 0 saturated heterocycles. The molecule has 140 valence electrons. The van der Waals surface area contributed by atoms with E-state index in [2.05, 4.69) is 29.4 Å². The summed E-state index contributed by atoms with van der Waals surface area (Å²) in [4.78, 5) is 17.1. The third-order valence-corrected chi connectivity index (χ3v) is 5.48. The van der Waals surface area contributed by atoms with E-state index in [1.54, 1.807) is 17.4 Å². The van der Waals surface area contributed by atoms with Crippen molar-refractivity contribution in [2.45, 2.75) is 6.92 Å². The second kappa shape index (κ2) is 8.09. The lowest BCUT2D eigenvalue weighted by Crippen LogP contribution is -2.13. The minimum atomic E-state index is -0.431. The predicted octanol–water partition coefficient (Wildman–Crippen LogP) is 5.82. The van der Waals surface area contributed by atoms with Crippen molar-refractivity contribution >= 4 is 39.2 Å². The highest BCUT2D eigenvalue weighted by molar-refractivity contribution is 7.21. The molecule has 0 unspecified atom stereocenters. The van der Waals surface area contributed by atoms with Crippen LogP contribution < -0.4 is 5.32 Å². The molecule has 0 radical (unpaired) electrons. The van der Waals surface area contributed by atoms with Crippen LogP contribution in [0.4, 0.5) is 5.69 Å². The zero-order valence-electron chi connectivity index (χ0n) is 15.7. The van der Waals surface area contributed by atoms with Crippen LogP contribution in [0.5, 0.6) is 0 Å². The van der Waals surface area contributed by atoms with Gasteiger partial charge in [-0.05, 0) is 60.5 Å². The summed E-state index contributed by atoms with van der Waals surface area (Å²) in [5.41, 5.74) is 4.68. The Bertz CT molecular complexity index is 1250. The van der Waals surface area contributed by atoms with Gasteiger partial charge in [-0.25, -0.2) is 4.98 Å². The zero-order valence-corrected chi connectivity index (χ0v) is 16.5. The number of anilines is 1. The number of nitrogens with zero attached hydrogens (tertiary/aromatic N) is 2. The van der Waals surface area contributed by atoms with Crippen molar-refractivity contribution in [3.05, 3.63) is 89.5 Å². The van der Waals surface area contributed by atoms with Crippen LogP contribution >= 0.6 is 11.3 Å². The molecule has 1 aromatic heterocycles. The lowest BCUT2D eigenvalue weighted by molar-refractivity contribution is -0.112. The third-order valence-electron chi connectivity index (χ3n) is 4.41. The van der Waals surface area contributed by atoms with Crippen LogP contribution in [0.3, 0.4) is 0 Å². The number of benzene rings is 3. The number of hydrogen-bond acceptors (Lipinski definition) is 4. The Morgan fingerprint density at radius 2 is 1.83 bits per heavy atom. The molecule has 29 heavy (non-hydrogen) atoms. The van der Waals surface area contributed by atoms with Gasteiger partial charge in [0.05, 0.1) is 10.2 Å². The maximum absolute atomic E-state index is 12.4. The van der Waals surface area contributed by atoms with Crippen molar-refractivity contribution in [3.8, 4) is 16.6 Å². The molecule has 0 fully saturated rings. The number of hydrogen-bond donors (Lipinski definition) is 1. The minimum absolute atomic E-state index is 0.0572. The monoisotopic (exact) mass is 395 g/mol. The number of carbonyl (C=O) groups excluding carboxylic acids is 1. The first-order valence-corrected chi connectivity index (χ1v) is 9.90. The van der Waals surface area contributed by atoms with Gasteiger partial charge >= 0.3 is 0 Å². The molecule has 0 aliphatic rings. The standard InChI is InChI=1S/C24H17N3OS/c1-16-7-12-21-22(13-16)29-24(27-21)18-8-10-20(11-9-18)26-23(28)19(15-25)14-17-5-3-2-4-6-17/h2-14H,1H3,(H,26,28)/b19-14-. The number of nitriles is 1. The van der Waals surface area contributed by atoms with Gasteiger partial charge in [-0.3, -0.25) is 4.79 Å². The molecule has 1 amide bonds. The lowest BCUT2D eigenvalue weighted by Gasteiger charge is -2.05. The number of rotatable bonds is 4. The van der Waals surface area contributed by atoms with E-state index in [1.165, 1.54) is 5.56 Å². The fourth-order valence-electron chi connectivity index (χ4n) is 2.91. The van der Waals surface area contributed by atoms with Crippen molar-refractivity contribution in [2.24, 2.45) is 0 Å². The first kappa shape index (κ1) is 18.6. The highest BCUT2D eigenvalue weighted by Crippen LogP contribution is 2.31. The first-order valence-electron chi connectivity index (χ1n) is 9.08. The van der Waals surface area contributed by atoms with Crippen LogP contribution in [-0.2, 0) is 4.79 Å². The smallest absolute Gasteiger partial charge is 0.266 e. The van der Waals surface area contributed by atoms with Gasteiger partial charge < -0.3 is 5.32 Å². The average molecular weight is 395 g/mol. The summed E-state index contributed by atoms with van der Waals surface area (Å²) in [6.07, 6.45) is 1.58. The molecule has 0 aliphatic heterocycles. The number of fused-ring (bicyclic) bond motifs is 1. The Labute approximate surface area is 172 Å². The van der Waals surface area contributed by atoms with Crippen LogP contribution in [0.25, 0.3) is 26.9 Å². The largest absolute Gasteiger partial charge is 0.321 e. The van der Waals surface area contributed by atoms with Crippen molar-refractivity contribution in [2.75, 3.05) is 5.32 Å². The van der Waals surface area contributed by atoms with E-state index < -0.39 is 5.91 Å². The summed E-state index contributed by atoms with van der Waals surface area (Å²) in [6, 6.07) is 25.0. The van der Waals surface area contributed by atoms with Crippen LogP contribution in [0, 0.1) is 18.3 Å². The molecule has 1 N–H and O–H groups in total. The van der Waals surface area contributed by atoms with E-state index in [1.807, 2.05) is 66.7 Å². The quantitative estimate of drug-likeness (QED) is 0.350.